The second-order valence-electron chi connectivity index (χ2n) is 12.2. The molecule has 0 aliphatic carbocycles. The first-order valence-electron chi connectivity index (χ1n) is 10.8. The van der Waals surface area contributed by atoms with E-state index in [1.807, 2.05) is 13.8 Å². The van der Waals surface area contributed by atoms with Gasteiger partial charge >= 0.3 is 0 Å². The van der Waals surface area contributed by atoms with E-state index in [9.17, 15) is 8.42 Å². The van der Waals surface area contributed by atoms with Crippen LogP contribution in [0.4, 0.5) is 0 Å². The molecule has 0 aromatic carbocycles. The van der Waals surface area contributed by atoms with Crippen molar-refractivity contribution in [2.75, 3.05) is 12.8 Å². The summed E-state index contributed by atoms with van der Waals surface area (Å²) >= 11 is 0. The molecule has 2 aliphatic rings. The Bertz CT molecular complexity index is 803. The highest BCUT2D eigenvalue weighted by molar-refractivity contribution is 7.88. The van der Waals surface area contributed by atoms with Crippen LogP contribution in [0.1, 0.15) is 82.6 Å². The summed E-state index contributed by atoms with van der Waals surface area (Å²) in [7, 11) is -3.29. The fraction of sp³-hybridized carbons (Fsp3) is 0.870. The Morgan fingerprint density at radius 2 is 1.52 bits per heavy atom. The third-order valence-electron chi connectivity index (χ3n) is 5.79. The molecule has 168 valence electrons. The summed E-state index contributed by atoms with van der Waals surface area (Å²) in [6.07, 6.45) is 2.08. The summed E-state index contributed by atoms with van der Waals surface area (Å²) in [5.41, 5.74) is 2.49. The van der Waals surface area contributed by atoms with Gasteiger partial charge in [0.05, 0.1) is 12.3 Å². The molecule has 0 radical (unpaired) electrons. The largest absolute Gasteiger partial charge is 0.332 e. The molecule has 29 heavy (non-hydrogen) atoms. The molecule has 2 heterocycles. The van der Waals surface area contributed by atoms with Crippen LogP contribution in [-0.4, -0.2) is 54.4 Å². The molecule has 0 aromatic rings. The van der Waals surface area contributed by atoms with Gasteiger partial charge in [0.1, 0.15) is 5.84 Å². The summed E-state index contributed by atoms with van der Waals surface area (Å²) < 4.78 is 26.9. The van der Waals surface area contributed by atoms with Crippen molar-refractivity contribution in [1.82, 2.24) is 9.21 Å². The lowest BCUT2D eigenvalue weighted by Gasteiger charge is -2.45. The Kier molecular flexibility index (Phi) is 6.19. The molecule has 0 N–H and O–H groups in total. The van der Waals surface area contributed by atoms with E-state index in [-0.39, 0.29) is 34.4 Å². The minimum Gasteiger partial charge on any atom is -0.332 e. The Balaban J connectivity index is 2.72. The molecular formula is C23H43N3O2S. The van der Waals surface area contributed by atoms with Crippen LogP contribution < -0.4 is 0 Å². The molecule has 6 heteroatoms. The van der Waals surface area contributed by atoms with Gasteiger partial charge in [-0.1, -0.05) is 62.3 Å². The van der Waals surface area contributed by atoms with E-state index >= 15 is 0 Å². The van der Waals surface area contributed by atoms with Crippen molar-refractivity contribution in [3.8, 4) is 0 Å². The van der Waals surface area contributed by atoms with Gasteiger partial charge < -0.3 is 4.90 Å². The summed E-state index contributed by atoms with van der Waals surface area (Å²) in [4.78, 5) is 7.67. The Morgan fingerprint density at radius 3 is 1.86 bits per heavy atom. The lowest BCUT2D eigenvalue weighted by molar-refractivity contribution is 0.271. The van der Waals surface area contributed by atoms with E-state index in [4.69, 9.17) is 4.99 Å². The van der Waals surface area contributed by atoms with Crippen LogP contribution in [0.25, 0.3) is 0 Å². The van der Waals surface area contributed by atoms with E-state index in [1.165, 1.54) is 17.5 Å². The second-order valence-corrected chi connectivity index (χ2v) is 14.1. The van der Waals surface area contributed by atoms with Crippen LogP contribution in [0, 0.1) is 16.2 Å². The van der Waals surface area contributed by atoms with Gasteiger partial charge in [-0.3, -0.25) is 4.99 Å². The molecule has 2 atom stereocenters. The molecule has 2 aliphatic heterocycles. The maximum absolute atomic E-state index is 12.6. The number of aliphatic imine (C=N–C) groups is 1. The van der Waals surface area contributed by atoms with Gasteiger partial charge in [-0.2, -0.15) is 4.31 Å². The lowest BCUT2D eigenvalue weighted by atomic mass is 9.70. The van der Waals surface area contributed by atoms with Crippen molar-refractivity contribution in [1.29, 1.82) is 0 Å². The number of hydrogen-bond donors (Lipinski definition) is 0. The molecule has 5 nitrogen and oxygen atoms in total. The van der Waals surface area contributed by atoms with E-state index in [2.05, 4.69) is 67.2 Å². The summed E-state index contributed by atoms with van der Waals surface area (Å²) in [6.45, 7) is 24.8. The zero-order chi connectivity index (χ0) is 22.7. The van der Waals surface area contributed by atoms with Gasteiger partial charge in [0.2, 0.25) is 10.0 Å². The number of rotatable bonds is 3. The van der Waals surface area contributed by atoms with Gasteiger partial charge in [0, 0.05) is 36.2 Å². The molecule has 1 saturated heterocycles. The Labute approximate surface area is 179 Å². The SMILES string of the molecule is CC(C)N(C1CC2=C(C(C)(C)C)C(C(C)(C)C)N=C(C(C)(C)C)N2C1)S(C)(=O)=O. The number of hydrogen-bond acceptors (Lipinski definition) is 4. The Hall–Kier alpha value is -0.880. The van der Waals surface area contributed by atoms with Crippen LogP contribution >= 0.6 is 0 Å². The molecule has 1 fully saturated rings. The highest BCUT2D eigenvalue weighted by Crippen LogP contribution is 2.48. The van der Waals surface area contributed by atoms with E-state index < -0.39 is 10.0 Å². The normalized spacial score (nSPS) is 24.5. The predicted molar refractivity (Wildman–Crippen MR) is 124 cm³/mol. The third kappa shape index (κ3) is 4.90. The topological polar surface area (TPSA) is 53.0 Å². The summed E-state index contributed by atoms with van der Waals surface area (Å²) in [5, 5.41) is 0. The number of amidine groups is 1. The van der Waals surface area contributed by atoms with E-state index in [0.717, 1.165) is 12.3 Å². The van der Waals surface area contributed by atoms with Crippen molar-refractivity contribution in [2.45, 2.75) is 101 Å². The zero-order valence-corrected chi connectivity index (χ0v) is 21.5. The molecule has 2 unspecified atom stereocenters. The van der Waals surface area contributed by atoms with Crippen molar-refractivity contribution in [3.63, 3.8) is 0 Å². The fourth-order valence-corrected chi connectivity index (χ4v) is 6.37. The zero-order valence-electron chi connectivity index (χ0n) is 20.7. The number of fused-ring (bicyclic) bond motifs is 1. The fourth-order valence-electron chi connectivity index (χ4n) is 4.92. The minimum atomic E-state index is -3.29. The van der Waals surface area contributed by atoms with Gasteiger partial charge in [-0.25, -0.2) is 8.42 Å². The molecule has 0 spiro atoms. The third-order valence-corrected chi connectivity index (χ3v) is 7.28. The predicted octanol–water partition coefficient (Wildman–Crippen LogP) is 4.90. The monoisotopic (exact) mass is 425 g/mol. The van der Waals surface area contributed by atoms with Gasteiger partial charge in [-0.15, -0.1) is 0 Å². The second kappa shape index (κ2) is 7.37. The van der Waals surface area contributed by atoms with Crippen LogP contribution in [-0.2, 0) is 10.0 Å². The highest BCUT2D eigenvalue weighted by atomic mass is 32.2. The number of sulfonamides is 1. The number of nitrogens with zero attached hydrogens (tertiary/aromatic N) is 3. The van der Waals surface area contributed by atoms with Crippen molar-refractivity contribution in [3.05, 3.63) is 11.3 Å². The molecular weight excluding hydrogens is 382 g/mol. The van der Waals surface area contributed by atoms with Crippen molar-refractivity contribution < 1.29 is 8.42 Å². The molecule has 2 rings (SSSR count). The summed E-state index contributed by atoms with van der Waals surface area (Å²) in [5.74, 6) is 1.08. The lowest BCUT2D eigenvalue weighted by Crippen LogP contribution is -2.49. The minimum absolute atomic E-state index is 0.00907. The first-order chi connectivity index (χ1) is 12.8. The van der Waals surface area contributed by atoms with Gasteiger partial charge in [0.25, 0.3) is 0 Å². The molecule has 0 amide bonds. The van der Waals surface area contributed by atoms with Crippen LogP contribution in [0.15, 0.2) is 16.3 Å². The van der Waals surface area contributed by atoms with Crippen LogP contribution in [0.3, 0.4) is 0 Å². The smallest absolute Gasteiger partial charge is 0.211 e. The average Bonchev–Trinajstić information content (AvgIpc) is 2.82. The van der Waals surface area contributed by atoms with Crippen LogP contribution in [0.5, 0.6) is 0 Å². The standard InChI is InChI=1S/C23H43N3O2S/c1-15(2)26(29(12,27)28)16-13-17-18(21(3,4)5)19(22(6,7)8)24-20(23(9,10)11)25(17)14-16/h15-16,19H,13-14H2,1-12H3. The van der Waals surface area contributed by atoms with Crippen LogP contribution in [0.2, 0.25) is 0 Å². The van der Waals surface area contributed by atoms with Crippen molar-refractivity contribution >= 4 is 15.9 Å². The molecule has 0 bridgehead atoms. The average molecular weight is 426 g/mol. The highest BCUT2D eigenvalue weighted by Gasteiger charge is 2.48. The van der Waals surface area contributed by atoms with E-state index in [0.29, 0.717) is 6.54 Å². The van der Waals surface area contributed by atoms with E-state index in [1.54, 1.807) is 4.31 Å². The first kappa shape index (κ1) is 24.4. The first-order valence-corrected chi connectivity index (χ1v) is 12.7. The maximum Gasteiger partial charge on any atom is 0.211 e. The van der Waals surface area contributed by atoms with Crippen molar-refractivity contribution in [2.24, 2.45) is 21.2 Å². The summed E-state index contributed by atoms with van der Waals surface area (Å²) in [6, 6.07) is -0.0421. The molecule has 0 aromatic heterocycles. The molecule has 0 saturated carbocycles. The Morgan fingerprint density at radius 1 is 1.00 bits per heavy atom. The van der Waals surface area contributed by atoms with Gasteiger partial charge in [-0.05, 0) is 30.3 Å². The van der Waals surface area contributed by atoms with Gasteiger partial charge in [0.15, 0.2) is 0 Å². The maximum atomic E-state index is 12.6. The quantitative estimate of drug-likeness (QED) is 0.646.